The molecule has 0 amide bonds. The Morgan fingerprint density at radius 3 is 2.50 bits per heavy atom. The number of carbonyl (C=O) groups excluding carboxylic acids is 1. The fourth-order valence-electron chi connectivity index (χ4n) is 4.30. The molecule has 4 nitrogen and oxygen atoms in total. The standard InChI is InChI=1S/C22H22BrN3OS/c23-15-10-8-14(9-11-15)19(27)20-24-21(26-12-4-1-5-13-26)18-16-6-2-3-7-17(16)28-22(18)25-20/h8-11H,1-7,12-13H2. The van der Waals surface area contributed by atoms with Gasteiger partial charge in [-0.3, -0.25) is 4.79 Å². The quantitative estimate of drug-likeness (QED) is 0.485. The Balaban J connectivity index is 1.66. The molecule has 0 atom stereocenters. The number of halogens is 1. The fourth-order valence-corrected chi connectivity index (χ4v) is 5.82. The third-order valence-electron chi connectivity index (χ3n) is 5.76. The Hall–Kier alpha value is -1.79. The van der Waals surface area contributed by atoms with Crippen LogP contribution in [0.4, 0.5) is 5.82 Å². The molecule has 1 saturated heterocycles. The van der Waals surface area contributed by atoms with E-state index in [-0.39, 0.29) is 5.78 Å². The molecule has 1 aliphatic carbocycles. The van der Waals surface area contributed by atoms with Crippen molar-refractivity contribution < 1.29 is 4.79 Å². The van der Waals surface area contributed by atoms with Crippen LogP contribution in [0, 0.1) is 0 Å². The first kappa shape index (κ1) is 18.3. The normalized spacial score (nSPS) is 17.0. The summed E-state index contributed by atoms with van der Waals surface area (Å²) < 4.78 is 0.959. The van der Waals surface area contributed by atoms with E-state index in [1.54, 1.807) is 11.3 Å². The van der Waals surface area contributed by atoms with Crippen molar-refractivity contribution in [3.8, 4) is 0 Å². The summed E-state index contributed by atoms with van der Waals surface area (Å²) in [6.07, 6.45) is 8.37. The van der Waals surface area contributed by atoms with Crippen LogP contribution in [0.2, 0.25) is 0 Å². The first-order valence-electron chi connectivity index (χ1n) is 10.1. The fraction of sp³-hybridized carbons (Fsp3) is 0.409. The second-order valence-corrected chi connectivity index (χ2v) is 9.64. The zero-order valence-corrected chi connectivity index (χ0v) is 18.1. The number of fused-ring (bicyclic) bond motifs is 3. The molecule has 3 aromatic rings. The van der Waals surface area contributed by atoms with Crippen LogP contribution < -0.4 is 4.90 Å². The lowest BCUT2D eigenvalue weighted by atomic mass is 9.96. The van der Waals surface area contributed by atoms with Crippen molar-refractivity contribution >= 4 is 49.1 Å². The van der Waals surface area contributed by atoms with Crippen molar-refractivity contribution in [3.05, 3.63) is 50.6 Å². The van der Waals surface area contributed by atoms with E-state index in [1.165, 1.54) is 47.9 Å². The van der Waals surface area contributed by atoms with E-state index in [1.807, 2.05) is 24.3 Å². The van der Waals surface area contributed by atoms with Crippen LogP contribution >= 0.6 is 27.3 Å². The Kier molecular flexibility index (Phi) is 4.93. The molecular weight excluding hydrogens is 434 g/mol. The van der Waals surface area contributed by atoms with Gasteiger partial charge in [-0.25, -0.2) is 9.97 Å². The number of nitrogens with zero attached hydrogens (tertiary/aromatic N) is 3. The first-order valence-corrected chi connectivity index (χ1v) is 11.7. The van der Waals surface area contributed by atoms with Gasteiger partial charge >= 0.3 is 0 Å². The third-order valence-corrected chi connectivity index (χ3v) is 7.48. The third kappa shape index (κ3) is 3.26. The lowest BCUT2D eigenvalue weighted by Crippen LogP contribution is -2.31. The zero-order chi connectivity index (χ0) is 19.1. The van der Waals surface area contributed by atoms with Gasteiger partial charge in [0.05, 0.1) is 5.39 Å². The molecule has 0 N–H and O–H groups in total. The second-order valence-electron chi connectivity index (χ2n) is 7.65. The number of aryl methyl sites for hydroxylation is 2. The summed E-state index contributed by atoms with van der Waals surface area (Å²) in [4.78, 5) is 27.6. The number of aromatic nitrogens is 2. The number of benzene rings is 1. The number of hydrogen-bond donors (Lipinski definition) is 0. The van der Waals surface area contributed by atoms with Crippen molar-refractivity contribution in [2.75, 3.05) is 18.0 Å². The van der Waals surface area contributed by atoms with Gasteiger partial charge in [-0.2, -0.15) is 0 Å². The molecule has 6 heteroatoms. The molecule has 5 rings (SSSR count). The van der Waals surface area contributed by atoms with Gasteiger partial charge in [-0.1, -0.05) is 15.9 Å². The zero-order valence-electron chi connectivity index (χ0n) is 15.7. The molecule has 28 heavy (non-hydrogen) atoms. The Morgan fingerprint density at radius 2 is 1.71 bits per heavy atom. The van der Waals surface area contributed by atoms with E-state index in [9.17, 15) is 4.79 Å². The van der Waals surface area contributed by atoms with E-state index in [0.29, 0.717) is 11.4 Å². The number of hydrogen-bond acceptors (Lipinski definition) is 5. The molecule has 1 aromatic carbocycles. The van der Waals surface area contributed by atoms with Crippen LogP contribution in [-0.2, 0) is 12.8 Å². The Morgan fingerprint density at radius 1 is 0.964 bits per heavy atom. The predicted molar refractivity (Wildman–Crippen MR) is 118 cm³/mol. The summed E-state index contributed by atoms with van der Waals surface area (Å²) >= 11 is 5.20. The number of thiophene rings is 1. The van der Waals surface area contributed by atoms with Gasteiger partial charge in [-0.15, -0.1) is 11.3 Å². The smallest absolute Gasteiger partial charge is 0.230 e. The van der Waals surface area contributed by atoms with Gasteiger partial charge in [0, 0.05) is 28.0 Å². The van der Waals surface area contributed by atoms with Crippen molar-refractivity contribution in [3.63, 3.8) is 0 Å². The Labute approximate surface area is 177 Å². The maximum absolute atomic E-state index is 13.1. The SMILES string of the molecule is O=C(c1ccc(Br)cc1)c1nc(N2CCCCC2)c2c3c(sc2n1)CCCC3. The predicted octanol–water partition coefficient (Wildman–Crippen LogP) is 5.55. The summed E-state index contributed by atoms with van der Waals surface area (Å²) in [7, 11) is 0. The second kappa shape index (κ2) is 7.56. The molecule has 1 aliphatic heterocycles. The van der Waals surface area contributed by atoms with E-state index < -0.39 is 0 Å². The molecule has 0 bridgehead atoms. The van der Waals surface area contributed by atoms with E-state index in [0.717, 1.165) is 41.1 Å². The summed E-state index contributed by atoms with van der Waals surface area (Å²) in [5.74, 6) is 1.22. The van der Waals surface area contributed by atoms with Crippen LogP contribution in [0.5, 0.6) is 0 Å². The minimum absolute atomic E-state index is 0.0981. The van der Waals surface area contributed by atoms with E-state index in [2.05, 4.69) is 20.8 Å². The molecule has 2 aliphatic rings. The van der Waals surface area contributed by atoms with Crippen molar-refractivity contribution in [2.45, 2.75) is 44.9 Å². The van der Waals surface area contributed by atoms with Gasteiger partial charge in [0.2, 0.25) is 11.6 Å². The van der Waals surface area contributed by atoms with E-state index in [4.69, 9.17) is 9.97 Å². The highest BCUT2D eigenvalue weighted by atomic mass is 79.9. The minimum atomic E-state index is -0.0981. The lowest BCUT2D eigenvalue weighted by Gasteiger charge is -2.29. The highest BCUT2D eigenvalue weighted by molar-refractivity contribution is 9.10. The summed E-state index contributed by atoms with van der Waals surface area (Å²) in [5.41, 5.74) is 2.07. The minimum Gasteiger partial charge on any atom is -0.356 e. The maximum Gasteiger partial charge on any atom is 0.230 e. The van der Waals surface area contributed by atoms with Crippen molar-refractivity contribution in [1.29, 1.82) is 0 Å². The van der Waals surface area contributed by atoms with E-state index >= 15 is 0 Å². The molecule has 0 spiro atoms. The van der Waals surface area contributed by atoms with Crippen LogP contribution in [0.15, 0.2) is 28.7 Å². The van der Waals surface area contributed by atoms with Crippen LogP contribution in [0.3, 0.4) is 0 Å². The topological polar surface area (TPSA) is 46.1 Å². The number of carbonyl (C=O) groups is 1. The van der Waals surface area contributed by atoms with Crippen LogP contribution in [-0.4, -0.2) is 28.8 Å². The highest BCUT2D eigenvalue weighted by Gasteiger charge is 2.26. The number of piperidine rings is 1. The summed E-state index contributed by atoms with van der Waals surface area (Å²) in [6, 6.07) is 7.45. The van der Waals surface area contributed by atoms with Gasteiger partial charge in [0.1, 0.15) is 10.6 Å². The lowest BCUT2D eigenvalue weighted by molar-refractivity contribution is 0.103. The number of rotatable bonds is 3. The molecule has 1 fully saturated rings. The Bertz CT molecular complexity index is 1040. The molecule has 3 heterocycles. The number of ketones is 1. The van der Waals surface area contributed by atoms with Crippen molar-refractivity contribution in [2.24, 2.45) is 0 Å². The van der Waals surface area contributed by atoms with Crippen LogP contribution in [0.25, 0.3) is 10.2 Å². The number of anilines is 1. The highest BCUT2D eigenvalue weighted by Crippen LogP contribution is 2.40. The van der Waals surface area contributed by atoms with Gasteiger partial charge < -0.3 is 4.90 Å². The van der Waals surface area contributed by atoms with Crippen LogP contribution in [0.1, 0.15) is 58.7 Å². The summed E-state index contributed by atoms with van der Waals surface area (Å²) in [6.45, 7) is 2.03. The molecule has 0 unspecified atom stereocenters. The first-order chi connectivity index (χ1) is 13.7. The molecule has 144 valence electrons. The molecular formula is C22H22BrN3OS. The molecule has 2 aromatic heterocycles. The molecule has 0 radical (unpaired) electrons. The van der Waals surface area contributed by atoms with Gasteiger partial charge in [0.15, 0.2) is 0 Å². The monoisotopic (exact) mass is 455 g/mol. The molecule has 0 saturated carbocycles. The summed E-state index contributed by atoms with van der Waals surface area (Å²) in [5, 5.41) is 1.22. The largest absolute Gasteiger partial charge is 0.356 e. The van der Waals surface area contributed by atoms with Gasteiger partial charge in [0.25, 0.3) is 0 Å². The average Bonchev–Trinajstić information content (AvgIpc) is 3.12. The maximum atomic E-state index is 13.1. The van der Waals surface area contributed by atoms with Crippen molar-refractivity contribution in [1.82, 2.24) is 9.97 Å². The average molecular weight is 456 g/mol. The van der Waals surface area contributed by atoms with Gasteiger partial charge in [-0.05, 0) is 74.8 Å².